The molecule has 0 saturated carbocycles. The second-order valence-electron chi connectivity index (χ2n) is 7.63. The monoisotopic (exact) mass is 470 g/mol. The van der Waals surface area contributed by atoms with Crippen molar-refractivity contribution in [1.82, 2.24) is 0 Å². The lowest BCUT2D eigenvalue weighted by Gasteiger charge is -2.08. The summed E-state index contributed by atoms with van der Waals surface area (Å²) in [6.45, 7) is 11.1. The minimum absolute atomic E-state index is 0.565. The summed E-state index contributed by atoms with van der Waals surface area (Å²) in [5, 5.41) is 0. The van der Waals surface area contributed by atoms with E-state index >= 15 is 0 Å². The van der Waals surface area contributed by atoms with E-state index in [1.807, 2.05) is 18.2 Å². The minimum Gasteiger partial charge on any atom is -0.379 e. The fourth-order valence-corrected chi connectivity index (χ4v) is 2.80. The third kappa shape index (κ3) is 22.5. The maximum atomic E-state index is 5.68. The van der Waals surface area contributed by atoms with Crippen molar-refractivity contribution in [3.8, 4) is 0 Å². The van der Waals surface area contributed by atoms with Gasteiger partial charge in [0.05, 0.1) is 72.7 Å². The van der Waals surface area contributed by atoms with Gasteiger partial charge < -0.3 is 33.2 Å². The Labute approximate surface area is 201 Å². The van der Waals surface area contributed by atoms with Crippen LogP contribution in [-0.4, -0.2) is 85.9 Å². The Bertz CT molecular complexity index is 487. The molecule has 7 heteroatoms. The van der Waals surface area contributed by atoms with Crippen molar-refractivity contribution in [1.29, 1.82) is 0 Å². The van der Waals surface area contributed by atoms with Gasteiger partial charge in [-0.25, -0.2) is 0 Å². The van der Waals surface area contributed by atoms with Crippen molar-refractivity contribution in [2.75, 3.05) is 85.9 Å². The van der Waals surface area contributed by atoms with Crippen LogP contribution in [0, 0.1) is 0 Å². The molecular formula is C26H46O7. The van der Waals surface area contributed by atoms with Gasteiger partial charge in [-0.15, -0.1) is 0 Å². The Kier molecular flexibility index (Phi) is 23.2. The van der Waals surface area contributed by atoms with Crippen LogP contribution < -0.4 is 0 Å². The molecule has 1 rings (SSSR count). The van der Waals surface area contributed by atoms with Gasteiger partial charge in [0.15, 0.2) is 0 Å². The van der Waals surface area contributed by atoms with Gasteiger partial charge in [0.1, 0.15) is 0 Å². The zero-order valence-electron chi connectivity index (χ0n) is 20.7. The molecule has 0 aliphatic heterocycles. The second kappa shape index (κ2) is 25.6. The molecule has 0 aromatic heterocycles. The summed E-state index contributed by atoms with van der Waals surface area (Å²) in [6, 6.07) is 10.3. The number of ether oxygens (including phenoxy) is 7. The van der Waals surface area contributed by atoms with Crippen molar-refractivity contribution >= 4 is 0 Å². The molecule has 0 fully saturated rings. The van der Waals surface area contributed by atoms with Crippen LogP contribution in [0.25, 0.3) is 0 Å². The standard InChI is InChI=1S/C26H46O7/c1-2-3-12-27-15-17-29-19-21-31-23-24-32-22-20-30-18-16-28-13-8-5-9-14-33-25-26-10-6-4-7-11-26/h4,6-7,10-11H,2-3,5,8-9,12-25H2,1H3. The number of unbranched alkanes of at least 4 members (excludes halogenated alkanes) is 3. The molecule has 1 aromatic carbocycles. The molecule has 7 nitrogen and oxygen atoms in total. The SMILES string of the molecule is CCCCOCCOCCOCCOCCOCCOCCCCCOCc1ccccc1. The molecule has 0 amide bonds. The highest BCUT2D eigenvalue weighted by atomic mass is 16.6. The Morgan fingerprint density at radius 2 is 0.818 bits per heavy atom. The minimum atomic E-state index is 0.565. The van der Waals surface area contributed by atoms with Crippen molar-refractivity contribution in [3.63, 3.8) is 0 Å². The highest BCUT2D eigenvalue weighted by Gasteiger charge is 1.96. The summed E-state index contributed by atoms with van der Waals surface area (Å²) in [7, 11) is 0. The molecule has 1 aromatic rings. The molecule has 0 radical (unpaired) electrons. The molecule has 0 atom stereocenters. The van der Waals surface area contributed by atoms with E-state index in [2.05, 4.69) is 19.1 Å². The number of hydrogen-bond donors (Lipinski definition) is 0. The summed E-state index contributed by atoms with van der Waals surface area (Å²) in [5.74, 6) is 0. The third-order valence-corrected chi connectivity index (χ3v) is 4.69. The molecular weight excluding hydrogens is 424 g/mol. The topological polar surface area (TPSA) is 64.6 Å². The first-order valence-electron chi connectivity index (χ1n) is 12.5. The highest BCUT2D eigenvalue weighted by Crippen LogP contribution is 2.02. The number of hydrogen-bond acceptors (Lipinski definition) is 7. The van der Waals surface area contributed by atoms with Crippen LogP contribution in [0.4, 0.5) is 0 Å². The predicted octanol–water partition coefficient (Wildman–Crippen LogP) is 4.27. The van der Waals surface area contributed by atoms with Gasteiger partial charge >= 0.3 is 0 Å². The van der Waals surface area contributed by atoms with E-state index in [4.69, 9.17) is 33.2 Å². The van der Waals surface area contributed by atoms with Crippen LogP contribution in [0.3, 0.4) is 0 Å². The maximum absolute atomic E-state index is 5.68. The number of benzene rings is 1. The molecule has 192 valence electrons. The van der Waals surface area contributed by atoms with E-state index in [0.717, 1.165) is 51.9 Å². The smallest absolute Gasteiger partial charge is 0.0716 e. The highest BCUT2D eigenvalue weighted by molar-refractivity contribution is 5.13. The van der Waals surface area contributed by atoms with Gasteiger partial charge in [0.2, 0.25) is 0 Å². The van der Waals surface area contributed by atoms with E-state index in [-0.39, 0.29) is 0 Å². The van der Waals surface area contributed by atoms with E-state index in [1.54, 1.807) is 0 Å². The average Bonchev–Trinajstić information content (AvgIpc) is 2.84. The van der Waals surface area contributed by atoms with Crippen molar-refractivity contribution < 1.29 is 33.2 Å². The lowest BCUT2D eigenvalue weighted by Crippen LogP contribution is -2.14. The van der Waals surface area contributed by atoms with E-state index in [0.29, 0.717) is 72.7 Å². The first-order valence-corrected chi connectivity index (χ1v) is 12.5. The van der Waals surface area contributed by atoms with Crippen LogP contribution >= 0.6 is 0 Å². The van der Waals surface area contributed by atoms with Crippen LogP contribution in [0.1, 0.15) is 44.6 Å². The lowest BCUT2D eigenvalue weighted by atomic mass is 10.2. The molecule has 0 spiro atoms. The third-order valence-electron chi connectivity index (χ3n) is 4.69. The fourth-order valence-electron chi connectivity index (χ4n) is 2.80. The molecule has 0 aliphatic carbocycles. The molecule has 0 heterocycles. The Morgan fingerprint density at radius 1 is 0.424 bits per heavy atom. The lowest BCUT2D eigenvalue weighted by molar-refractivity contribution is -0.0169. The quantitative estimate of drug-likeness (QED) is 0.187. The Balaban J connectivity index is 1.64. The van der Waals surface area contributed by atoms with E-state index < -0.39 is 0 Å². The van der Waals surface area contributed by atoms with Crippen LogP contribution in [0.5, 0.6) is 0 Å². The van der Waals surface area contributed by atoms with E-state index in [1.165, 1.54) is 5.56 Å². The predicted molar refractivity (Wildman–Crippen MR) is 130 cm³/mol. The van der Waals surface area contributed by atoms with Gasteiger partial charge in [-0.05, 0) is 31.2 Å². The van der Waals surface area contributed by atoms with Crippen molar-refractivity contribution in [3.05, 3.63) is 35.9 Å². The van der Waals surface area contributed by atoms with Crippen molar-refractivity contribution in [2.24, 2.45) is 0 Å². The zero-order valence-corrected chi connectivity index (χ0v) is 20.7. The summed E-state index contributed by atoms with van der Waals surface area (Å²) >= 11 is 0. The average molecular weight is 471 g/mol. The summed E-state index contributed by atoms with van der Waals surface area (Å²) in [6.07, 6.45) is 5.50. The van der Waals surface area contributed by atoms with Gasteiger partial charge in [-0.2, -0.15) is 0 Å². The van der Waals surface area contributed by atoms with Gasteiger partial charge in [-0.3, -0.25) is 0 Å². The summed E-state index contributed by atoms with van der Waals surface area (Å²) < 4.78 is 38.5. The van der Waals surface area contributed by atoms with Crippen LogP contribution in [0.15, 0.2) is 30.3 Å². The molecule has 0 saturated heterocycles. The van der Waals surface area contributed by atoms with Gasteiger partial charge in [0.25, 0.3) is 0 Å². The molecule has 0 N–H and O–H groups in total. The fraction of sp³-hybridized carbons (Fsp3) is 0.769. The van der Waals surface area contributed by atoms with Gasteiger partial charge in [-0.1, -0.05) is 43.7 Å². The zero-order chi connectivity index (χ0) is 23.5. The maximum Gasteiger partial charge on any atom is 0.0716 e. The van der Waals surface area contributed by atoms with Gasteiger partial charge in [0, 0.05) is 19.8 Å². The largest absolute Gasteiger partial charge is 0.379 e. The normalized spacial score (nSPS) is 11.3. The van der Waals surface area contributed by atoms with E-state index in [9.17, 15) is 0 Å². The Morgan fingerprint density at radius 3 is 1.27 bits per heavy atom. The first-order chi connectivity index (χ1) is 16.4. The second-order valence-corrected chi connectivity index (χ2v) is 7.63. The van der Waals surface area contributed by atoms with Crippen molar-refractivity contribution in [2.45, 2.75) is 45.6 Å². The molecule has 0 bridgehead atoms. The Hall–Kier alpha value is -1.06. The van der Waals surface area contributed by atoms with Crippen LogP contribution in [0.2, 0.25) is 0 Å². The summed E-state index contributed by atoms with van der Waals surface area (Å²) in [4.78, 5) is 0. The molecule has 33 heavy (non-hydrogen) atoms. The van der Waals surface area contributed by atoms with Crippen LogP contribution in [-0.2, 0) is 39.8 Å². The first kappa shape index (κ1) is 30.0. The molecule has 0 aliphatic rings. The molecule has 0 unspecified atom stereocenters. The number of rotatable bonds is 26. The summed E-state index contributed by atoms with van der Waals surface area (Å²) in [5.41, 5.74) is 1.22.